The predicted octanol–water partition coefficient (Wildman–Crippen LogP) is 2.16. The van der Waals surface area contributed by atoms with E-state index in [1.165, 1.54) is 11.8 Å². The largest absolute Gasteiger partial charge is 0.222 e. The molecule has 0 aliphatic rings. The number of aromatic nitrogens is 4. The summed E-state index contributed by atoms with van der Waals surface area (Å²) in [6.07, 6.45) is 0. The van der Waals surface area contributed by atoms with Gasteiger partial charge in [-0.25, -0.2) is 9.97 Å². The van der Waals surface area contributed by atoms with Gasteiger partial charge < -0.3 is 0 Å². The van der Waals surface area contributed by atoms with Crippen molar-refractivity contribution >= 4 is 28.3 Å². The summed E-state index contributed by atoms with van der Waals surface area (Å²) in [6, 6.07) is 9.59. The van der Waals surface area contributed by atoms with Crippen LogP contribution < -0.4 is 0 Å². The quantitative estimate of drug-likeness (QED) is 0.414. The molecule has 3 aromatic rings. The van der Waals surface area contributed by atoms with Gasteiger partial charge in [-0.05, 0) is 12.1 Å². The Morgan fingerprint density at radius 1 is 1.35 bits per heavy atom. The second-order valence-electron chi connectivity index (χ2n) is 3.91. The Labute approximate surface area is 117 Å². The Morgan fingerprint density at radius 2 is 2.20 bits per heavy atom. The minimum absolute atomic E-state index is 0.0850. The zero-order chi connectivity index (χ0) is 13.9. The number of nitrogens with zero attached hydrogens (tertiary/aromatic N) is 6. The molecule has 0 bridgehead atoms. The Kier molecular flexibility index (Phi) is 3.26. The number of nitriles is 1. The summed E-state index contributed by atoms with van der Waals surface area (Å²) < 4.78 is 1.56. The van der Waals surface area contributed by atoms with E-state index in [4.69, 9.17) is 5.26 Å². The fourth-order valence-electron chi connectivity index (χ4n) is 1.89. The number of hydrogen-bond acceptors (Lipinski definition) is 7. The van der Waals surface area contributed by atoms with Crippen molar-refractivity contribution in [3.8, 4) is 6.07 Å². The molecule has 0 aliphatic heterocycles. The highest BCUT2D eigenvalue weighted by Crippen LogP contribution is 2.23. The van der Waals surface area contributed by atoms with Crippen molar-refractivity contribution in [2.45, 2.75) is 11.7 Å². The molecule has 8 heteroatoms. The molecular formula is C12H8N6OS. The normalized spacial score (nSPS) is 10.8. The van der Waals surface area contributed by atoms with Crippen LogP contribution in [0.3, 0.4) is 0 Å². The van der Waals surface area contributed by atoms with Gasteiger partial charge in [0.15, 0.2) is 16.6 Å². The van der Waals surface area contributed by atoms with Gasteiger partial charge in [-0.15, -0.1) is 5.10 Å². The molecule has 0 saturated carbocycles. The third-order valence-corrected chi connectivity index (χ3v) is 3.46. The van der Waals surface area contributed by atoms with E-state index in [-0.39, 0.29) is 12.3 Å². The van der Waals surface area contributed by atoms with Crippen molar-refractivity contribution in [3.63, 3.8) is 0 Å². The molecule has 0 radical (unpaired) electrons. The summed E-state index contributed by atoms with van der Waals surface area (Å²) in [5.74, 6) is 0.610. The molecule has 0 unspecified atom stereocenters. The number of nitroso groups, excluding NO2 is 1. The summed E-state index contributed by atoms with van der Waals surface area (Å²) in [5.41, 5.74) is 1.40. The number of hydrogen-bond donors (Lipinski definition) is 0. The van der Waals surface area contributed by atoms with Crippen molar-refractivity contribution in [2.24, 2.45) is 5.18 Å². The third-order valence-electron chi connectivity index (χ3n) is 2.67. The van der Waals surface area contributed by atoms with Crippen molar-refractivity contribution in [1.29, 1.82) is 5.26 Å². The molecule has 2 aromatic heterocycles. The topological polar surface area (TPSA) is 96.3 Å². The SMILES string of the molecule is N#CCSc1nc2ccccc2c2nc(CN=O)nn12. The van der Waals surface area contributed by atoms with Crippen LogP contribution in [0.25, 0.3) is 16.6 Å². The van der Waals surface area contributed by atoms with E-state index in [9.17, 15) is 4.91 Å². The lowest BCUT2D eigenvalue weighted by atomic mass is 10.2. The lowest BCUT2D eigenvalue weighted by Crippen LogP contribution is -1.98. The third kappa shape index (κ3) is 2.08. The number of fused-ring (bicyclic) bond motifs is 3. The summed E-state index contributed by atoms with van der Waals surface area (Å²) in [7, 11) is 0. The maximum absolute atomic E-state index is 10.4. The van der Waals surface area contributed by atoms with Crippen molar-refractivity contribution in [2.75, 3.05) is 5.75 Å². The van der Waals surface area contributed by atoms with Gasteiger partial charge in [0.1, 0.15) is 6.54 Å². The highest BCUT2D eigenvalue weighted by molar-refractivity contribution is 7.99. The van der Waals surface area contributed by atoms with Crippen LogP contribution in [-0.4, -0.2) is 25.3 Å². The maximum Gasteiger partial charge on any atom is 0.192 e. The lowest BCUT2D eigenvalue weighted by molar-refractivity contribution is 0.778. The van der Waals surface area contributed by atoms with Crippen LogP contribution in [0.4, 0.5) is 0 Å². The van der Waals surface area contributed by atoms with Crippen molar-refractivity contribution in [3.05, 3.63) is 35.0 Å². The smallest absolute Gasteiger partial charge is 0.192 e. The average molecular weight is 284 g/mol. The zero-order valence-electron chi connectivity index (χ0n) is 10.2. The fourth-order valence-corrected chi connectivity index (χ4v) is 2.49. The number of para-hydroxylation sites is 1. The van der Waals surface area contributed by atoms with Gasteiger partial charge in [0, 0.05) is 5.39 Å². The standard InChI is InChI=1S/C12H8N6OS/c13-5-6-20-12-15-9-4-2-1-3-8(9)11-16-10(7-14-19)17-18(11)12/h1-4H,6-7H2. The Morgan fingerprint density at radius 3 is 3.00 bits per heavy atom. The molecule has 0 atom stereocenters. The lowest BCUT2D eigenvalue weighted by Gasteiger charge is -2.03. The molecular weight excluding hydrogens is 276 g/mol. The number of thioether (sulfide) groups is 1. The molecule has 0 aliphatic carbocycles. The average Bonchev–Trinajstić information content (AvgIpc) is 2.89. The fraction of sp³-hybridized carbons (Fsp3) is 0.167. The van der Waals surface area contributed by atoms with Crippen LogP contribution in [0, 0.1) is 16.2 Å². The van der Waals surface area contributed by atoms with E-state index >= 15 is 0 Å². The molecule has 7 nitrogen and oxygen atoms in total. The van der Waals surface area contributed by atoms with Gasteiger partial charge in [0.2, 0.25) is 0 Å². The highest BCUT2D eigenvalue weighted by Gasteiger charge is 2.13. The molecule has 0 fully saturated rings. The second-order valence-corrected chi connectivity index (χ2v) is 4.85. The molecule has 1 aromatic carbocycles. The van der Waals surface area contributed by atoms with Crippen molar-refractivity contribution in [1.82, 2.24) is 19.6 Å². The Balaban J connectivity index is 2.29. The van der Waals surface area contributed by atoms with E-state index in [1.54, 1.807) is 4.52 Å². The van der Waals surface area contributed by atoms with E-state index < -0.39 is 0 Å². The van der Waals surface area contributed by atoms with E-state index in [0.29, 0.717) is 16.6 Å². The maximum atomic E-state index is 10.4. The molecule has 0 amide bonds. The zero-order valence-corrected chi connectivity index (χ0v) is 11.0. The molecule has 0 N–H and O–H groups in total. The first kappa shape index (κ1) is 12.5. The molecule has 98 valence electrons. The first-order chi connectivity index (χ1) is 9.83. The first-order valence-electron chi connectivity index (χ1n) is 5.76. The van der Waals surface area contributed by atoms with E-state index in [0.717, 1.165) is 10.9 Å². The molecule has 0 spiro atoms. The number of benzene rings is 1. The van der Waals surface area contributed by atoms with Crippen LogP contribution in [0.1, 0.15) is 5.82 Å². The van der Waals surface area contributed by atoms with Crippen LogP contribution in [-0.2, 0) is 6.54 Å². The molecule has 3 rings (SSSR count). The second kappa shape index (κ2) is 5.22. The van der Waals surface area contributed by atoms with Crippen LogP contribution in [0.2, 0.25) is 0 Å². The van der Waals surface area contributed by atoms with E-state index in [1.807, 2.05) is 24.3 Å². The molecule has 20 heavy (non-hydrogen) atoms. The van der Waals surface area contributed by atoms with Crippen LogP contribution >= 0.6 is 11.8 Å². The highest BCUT2D eigenvalue weighted by atomic mass is 32.2. The van der Waals surface area contributed by atoms with Gasteiger partial charge in [-0.1, -0.05) is 29.1 Å². The van der Waals surface area contributed by atoms with Crippen molar-refractivity contribution < 1.29 is 0 Å². The molecule has 0 saturated heterocycles. The van der Waals surface area contributed by atoms with Crippen LogP contribution in [0.15, 0.2) is 34.6 Å². The first-order valence-corrected chi connectivity index (χ1v) is 6.75. The number of rotatable bonds is 4. The van der Waals surface area contributed by atoms with Gasteiger partial charge in [-0.3, -0.25) is 0 Å². The van der Waals surface area contributed by atoms with Gasteiger partial charge >= 0.3 is 0 Å². The van der Waals surface area contributed by atoms with E-state index in [2.05, 4.69) is 26.3 Å². The Hall–Kier alpha value is -2.53. The summed E-state index contributed by atoms with van der Waals surface area (Å²) >= 11 is 1.28. The summed E-state index contributed by atoms with van der Waals surface area (Å²) in [4.78, 5) is 19.2. The predicted molar refractivity (Wildman–Crippen MR) is 74.1 cm³/mol. The van der Waals surface area contributed by atoms with Gasteiger partial charge in [0.25, 0.3) is 0 Å². The minimum Gasteiger partial charge on any atom is -0.222 e. The van der Waals surface area contributed by atoms with Gasteiger partial charge in [-0.2, -0.15) is 14.7 Å². The molecule has 2 heterocycles. The van der Waals surface area contributed by atoms with Gasteiger partial charge in [0.05, 0.1) is 17.3 Å². The van der Waals surface area contributed by atoms with Crippen LogP contribution in [0.5, 0.6) is 0 Å². The summed E-state index contributed by atoms with van der Waals surface area (Å²) in [6.45, 7) is -0.0850. The minimum atomic E-state index is -0.0850. The monoisotopic (exact) mass is 284 g/mol. The summed E-state index contributed by atoms with van der Waals surface area (Å²) in [5, 5.41) is 17.2. The Bertz CT molecular complexity index is 837.